The van der Waals surface area contributed by atoms with Crippen LogP contribution in [0.3, 0.4) is 0 Å². The zero-order valence-corrected chi connectivity index (χ0v) is 16.5. The number of nitrogens with zero attached hydrogens (tertiary/aromatic N) is 3. The van der Waals surface area contributed by atoms with Gasteiger partial charge in [0, 0.05) is 24.7 Å². The fourth-order valence-electron chi connectivity index (χ4n) is 4.05. The van der Waals surface area contributed by atoms with Crippen LogP contribution < -0.4 is 15.8 Å². The van der Waals surface area contributed by atoms with E-state index in [4.69, 9.17) is 0 Å². The molecule has 0 unspecified atom stereocenters. The maximum absolute atomic E-state index is 13.2. The number of carbonyl (C=O) groups excluding carboxylic acids is 1. The first kappa shape index (κ1) is 18.1. The molecular weight excluding hydrogens is 376 g/mol. The molecule has 1 aromatic heterocycles. The maximum atomic E-state index is 13.2. The highest BCUT2D eigenvalue weighted by molar-refractivity contribution is 6.12. The largest absolute Gasteiger partial charge is 0.339 e. The summed E-state index contributed by atoms with van der Waals surface area (Å²) in [5, 5.41) is 8.27. The molecule has 0 atom stereocenters. The predicted octanol–water partition coefficient (Wildman–Crippen LogP) is 3.88. The lowest BCUT2D eigenvalue weighted by Gasteiger charge is -2.23. The highest BCUT2D eigenvalue weighted by Crippen LogP contribution is 2.38. The van der Waals surface area contributed by atoms with Crippen molar-refractivity contribution in [1.29, 1.82) is 0 Å². The molecule has 1 aliphatic heterocycles. The molecule has 5 rings (SSSR count). The van der Waals surface area contributed by atoms with E-state index in [1.807, 2.05) is 36.4 Å². The Morgan fingerprint density at radius 1 is 0.900 bits per heavy atom. The average Bonchev–Trinajstić information content (AvgIpc) is 3.20. The lowest BCUT2D eigenvalue weighted by atomic mass is 10.1. The van der Waals surface area contributed by atoms with Crippen LogP contribution in [-0.2, 0) is 13.5 Å². The molecule has 1 aliphatic rings. The van der Waals surface area contributed by atoms with E-state index in [2.05, 4.69) is 27.4 Å². The number of carbonyl (C=O) groups is 1. The molecule has 0 spiro atoms. The Hall–Kier alpha value is -3.93. The topological polar surface area (TPSA) is 67.2 Å². The van der Waals surface area contributed by atoms with Crippen molar-refractivity contribution in [3.63, 3.8) is 0 Å². The molecule has 3 aromatic carbocycles. The minimum absolute atomic E-state index is 0.226. The summed E-state index contributed by atoms with van der Waals surface area (Å²) in [6.07, 6.45) is 0.964. The molecule has 6 heteroatoms. The Labute approximate surface area is 173 Å². The number of nitrogens with one attached hydrogen (secondary N) is 1. The number of rotatable bonds is 3. The van der Waals surface area contributed by atoms with Crippen LogP contribution in [0.5, 0.6) is 0 Å². The lowest BCUT2D eigenvalue weighted by molar-refractivity contribution is 0.102. The van der Waals surface area contributed by atoms with Crippen LogP contribution in [-0.4, -0.2) is 22.2 Å². The van der Waals surface area contributed by atoms with Gasteiger partial charge in [-0.1, -0.05) is 48.5 Å². The van der Waals surface area contributed by atoms with Gasteiger partial charge in [-0.25, -0.2) is 4.68 Å². The molecule has 2 heterocycles. The minimum Gasteiger partial charge on any atom is -0.339 e. The molecule has 6 nitrogen and oxygen atoms in total. The molecule has 148 valence electrons. The summed E-state index contributed by atoms with van der Waals surface area (Å²) in [5.41, 5.74) is 4.10. The summed E-state index contributed by atoms with van der Waals surface area (Å²) in [6.45, 7) is 0.854. The quantitative estimate of drug-likeness (QED) is 0.571. The van der Waals surface area contributed by atoms with E-state index < -0.39 is 0 Å². The number of para-hydroxylation sites is 3. The van der Waals surface area contributed by atoms with Crippen LogP contribution in [0.4, 0.5) is 17.1 Å². The zero-order chi connectivity index (χ0) is 20.7. The zero-order valence-electron chi connectivity index (χ0n) is 16.5. The monoisotopic (exact) mass is 396 g/mol. The molecule has 1 N–H and O–H groups in total. The molecule has 0 fully saturated rings. The van der Waals surface area contributed by atoms with E-state index in [0.29, 0.717) is 16.5 Å². The van der Waals surface area contributed by atoms with Crippen LogP contribution in [0.1, 0.15) is 16.1 Å². The summed E-state index contributed by atoms with van der Waals surface area (Å²) in [7, 11) is 1.56. The summed E-state index contributed by atoms with van der Waals surface area (Å²) in [4.78, 5) is 27.8. The normalized spacial score (nSPS) is 12.8. The van der Waals surface area contributed by atoms with Gasteiger partial charge >= 0.3 is 0 Å². The van der Waals surface area contributed by atoms with Crippen molar-refractivity contribution in [2.75, 3.05) is 16.8 Å². The van der Waals surface area contributed by atoms with Crippen LogP contribution in [0.25, 0.3) is 10.8 Å². The first-order chi connectivity index (χ1) is 14.6. The molecular formula is C24H20N4O2. The maximum Gasteiger partial charge on any atom is 0.276 e. The lowest BCUT2D eigenvalue weighted by Crippen LogP contribution is -2.26. The van der Waals surface area contributed by atoms with Gasteiger partial charge in [0.2, 0.25) is 0 Å². The molecule has 30 heavy (non-hydrogen) atoms. The Morgan fingerprint density at radius 2 is 1.57 bits per heavy atom. The Kier molecular flexibility index (Phi) is 4.32. The van der Waals surface area contributed by atoms with E-state index in [9.17, 15) is 9.59 Å². The van der Waals surface area contributed by atoms with Crippen LogP contribution in [0.2, 0.25) is 0 Å². The fraction of sp³-hybridized carbons (Fsp3) is 0.125. The van der Waals surface area contributed by atoms with Crippen LogP contribution >= 0.6 is 0 Å². The highest BCUT2D eigenvalue weighted by atomic mass is 16.2. The molecule has 4 aromatic rings. The van der Waals surface area contributed by atoms with Crippen LogP contribution in [0, 0.1) is 0 Å². The second-order valence-corrected chi connectivity index (χ2v) is 7.32. The van der Waals surface area contributed by atoms with E-state index in [0.717, 1.165) is 24.3 Å². The summed E-state index contributed by atoms with van der Waals surface area (Å²) in [5.74, 6) is -0.346. The van der Waals surface area contributed by atoms with E-state index in [-0.39, 0.29) is 17.2 Å². The fourth-order valence-corrected chi connectivity index (χ4v) is 4.05. The van der Waals surface area contributed by atoms with E-state index in [1.165, 1.54) is 10.2 Å². The first-order valence-electron chi connectivity index (χ1n) is 9.85. The summed E-state index contributed by atoms with van der Waals surface area (Å²) < 4.78 is 1.21. The van der Waals surface area contributed by atoms with Gasteiger partial charge in [-0.15, -0.1) is 0 Å². The van der Waals surface area contributed by atoms with E-state index >= 15 is 0 Å². The molecule has 0 aliphatic carbocycles. The number of benzene rings is 3. The van der Waals surface area contributed by atoms with Gasteiger partial charge in [0.1, 0.15) is 0 Å². The van der Waals surface area contributed by atoms with Crippen molar-refractivity contribution in [1.82, 2.24) is 9.78 Å². The van der Waals surface area contributed by atoms with Gasteiger partial charge < -0.3 is 10.2 Å². The summed E-state index contributed by atoms with van der Waals surface area (Å²) >= 11 is 0. The highest BCUT2D eigenvalue weighted by Gasteiger charge is 2.23. The van der Waals surface area contributed by atoms with Gasteiger partial charge in [0.05, 0.1) is 16.8 Å². The van der Waals surface area contributed by atoms with Crippen molar-refractivity contribution in [2.24, 2.45) is 7.05 Å². The Bertz CT molecular complexity index is 1340. The van der Waals surface area contributed by atoms with Crippen molar-refractivity contribution in [3.05, 3.63) is 94.4 Å². The SMILES string of the molecule is Cn1nc(C(=O)Nc2ccccc2N2CCc3ccccc32)c2ccccc2c1=O. The number of fused-ring (bicyclic) bond motifs is 2. The van der Waals surface area contributed by atoms with Crippen molar-refractivity contribution < 1.29 is 4.79 Å². The first-order valence-corrected chi connectivity index (χ1v) is 9.85. The van der Waals surface area contributed by atoms with Crippen LogP contribution in [0.15, 0.2) is 77.6 Å². The minimum atomic E-state index is -0.346. The van der Waals surface area contributed by atoms with Gasteiger partial charge in [-0.2, -0.15) is 5.10 Å². The number of aromatic nitrogens is 2. The third-order valence-electron chi connectivity index (χ3n) is 5.50. The number of anilines is 3. The molecule has 0 saturated carbocycles. The standard InChI is InChI=1S/C24H20N4O2/c1-27-24(30)18-10-4-3-9-17(18)22(26-27)23(29)25-19-11-5-7-13-21(19)28-15-14-16-8-2-6-12-20(16)28/h2-13H,14-15H2,1H3,(H,25,29). The second kappa shape index (κ2) is 7.15. The third-order valence-corrected chi connectivity index (χ3v) is 5.50. The molecule has 0 radical (unpaired) electrons. The Balaban J connectivity index is 1.55. The van der Waals surface area contributed by atoms with Gasteiger partial charge in [-0.05, 0) is 36.2 Å². The predicted molar refractivity (Wildman–Crippen MR) is 119 cm³/mol. The smallest absolute Gasteiger partial charge is 0.276 e. The molecule has 0 saturated heterocycles. The van der Waals surface area contributed by atoms with E-state index in [1.54, 1.807) is 31.3 Å². The van der Waals surface area contributed by atoms with Crippen molar-refractivity contribution in [3.8, 4) is 0 Å². The second-order valence-electron chi connectivity index (χ2n) is 7.32. The number of amides is 1. The van der Waals surface area contributed by atoms with Gasteiger partial charge in [-0.3, -0.25) is 9.59 Å². The van der Waals surface area contributed by atoms with Gasteiger partial charge in [0.25, 0.3) is 11.5 Å². The molecule has 1 amide bonds. The van der Waals surface area contributed by atoms with Gasteiger partial charge in [0.15, 0.2) is 5.69 Å². The third kappa shape index (κ3) is 2.93. The Morgan fingerprint density at radius 3 is 2.40 bits per heavy atom. The number of hydrogen-bond donors (Lipinski definition) is 1. The number of hydrogen-bond acceptors (Lipinski definition) is 4. The number of aryl methyl sites for hydroxylation is 1. The van der Waals surface area contributed by atoms with Crippen molar-refractivity contribution >= 4 is 33.7 Å². The average molecular weight is 396 g/mol. The summed E-state index contributed by atoms with van der Waals surface area (Å²) in [6, 6.07) is 23.1. The molecule has 0 bridgehead atoms. The van der Waals surface area contributed by atoms with Crippen molar-refractivity contribution in [2.45, 2.75) is 6.42 Å².